The van der Waals surface area contributed by atoms with Crippen molar-refractivity contribution in [2.45, 2.75) is 6.92 Å². The van der Waals surface area contributed by atoms with Gasteiger partial charge >= 0.3 is 6.03 Å². The van der Waals surface area contributed by atoms with Gasteiger partial charge in [0, 0.05) is 0 Å². The number of hydrogen-bond acceptors (Lipinski definition) is 4. The lowest BCUT2D eigenvalue weighted by molar-refractivity contribution is 0.249. The molecule has 7 heteroatoms. The molecule has 2 amide bonds. The summed E-state index contributed by atoms with van der Waals surface area (Å²) in [7, 11) is 0. The molecule has 1 aromatic rings. The molecule has 0 aliphatic carbocycles. The largest absolute Gasteiger partial charge is 0.350 e. The van der Waals surface area contributed by atoms with Crippen LogP contribution >= 0.6 is 27.5 Å². The highest BCUT2D eigenvalue weighted by molar-refractivity contribution is 9.10. The monoisotopic (exact) mass is 262 g/mol. The summed E-state index contributed by atoms with van der Waals surface area (Å²) >= 11 is 4.62. The van der Waals surface area contributed by atoms with Gasteiger partial charge in [-0.3, -0.25) is 0 Å². The predicted octanol–water partition coefficient (Wildman–Crippen LogP) is 1.22. The van der Waals surface area contributed by atoms with E-state index in [1.54, 1.807) is 0 Å². The molecular formula is C6H7BrN4OS. The average molecular weight is 263 g/mol. The Hall–Kier alpha value is -0.950. The summed E-state index contributed by atoms with van der Waals surface area (Å²) in [6.45, 7) is 1.87. The Morgan fingerprint density at radius 2 is 2.54 bits per heavy atom. The van der Waals surface area contributed by atoms with E-state index < -0.39 is 6.03 Å². The molecule has 5 nitrogen and oxygen atoms in total. The van der Waals surface area contributed by atoms with E-state index in [4.69, 9.17) is 5.73 Å². The lowest BCUT2D eigenvalue weighted by atomic mass is 10.4. The number of urea groups is 1. The van der Waals surface area contributed by atoms with Gasteiger partial charge in [0.15, 0.2) is 0 Å². The number of rotatable bonds is 2. The molecule has 0 atom stereocenters. The van der Waals surface area contributed by atoms with Gasteiger partial charge in [-0.05, 0) is 34.4 Å². The molecular weight excluding hydrogens is 256 g/mol. The van der Waals surface area contributed by atoms with Crippen molar-refractivity contribution in [3.8, 4) is 0 Å². The Morgan fingerprint density at radius 3 is 3.00 bits per heavy atom. The molecule has 0 aromatic carbocycles. The number of aromatic nitrogens is 1. The van der Waals surface area contributed by atoms with Crippen LogP contribution in [0.3, 0.4) is 0 Å². The van der Waals surface area contributed by atoms with Crippen LogP contribution < -0.4 is 11.2 Å². The van der Waals surface area contributed by atoms with E-state index in [2.05, 4.69) is 30.8 Å². The normalized spacial score (nSPS) is 10.6. The number of aryl methyl sites for hydroxylation is 1. The van der Waals surface area contributed by atoms with Gasteiger partial charge in [0.2, 0.25) is 0 Å². The van der Waals surface area contributed by atoms with Crippen molar-refractivity contribution in [2.75, 3.05) is 0 Å². The molecule has 1 rings (SSSR count). The fraction of sp³-hybridized carbons (Fsp3) is 0.167. The second kappa shape index (κ2) is 4.33. The van der Waals surface area contributed by atoms with Gasteiger partial charge in [0.05, 0.1) is 21.3 Å². The Morgan fingerprint density at radius 1 is 1.85 bits per heavy atom. The van der Waals surface area contributed by atoms with E-state index in [0.29, 0.717) is 0 Å². The molecule has 0 bridgehead atoms. The third kappa shape index (κ3) is 2.78. The van der Waals surface area contributed by atoms with E-state index in [-0.39, 0.29) is 0 Å². The number of primary amides is 1. The van der Waals surface area contributed by atoms with E-state index >= 15 is 0 Å². The smallest absolute Gasteiger partial charge is 0.332 e. The second-order valence-corrected chi connectivity index (χ2v) is 3.78. The highest BCUT2D eigenvalue weighted by Gasteiger charge is 2.04. The van der Waals surface area contributed by atoms with Crippen LogP contribution in [0.1, 0.15) is 10.6 Å². The van der Waals surface area contributed by atoms with Gasteiger partial charge in [-0.1, -0.05) is 0 Å². The maximum Gasteiger partial charge on any atom is 0.332 e. The van der Waals surface area contributed by atoms with Crippen molar-refractivity contribution in [2.24, 2.45) is 10.8 Å². The number of carbonyl (C=O) groups excluding carboxylic acids is 1. The van der Waals surface area contributed by atoms with Crippen molar-refractivity contribution >= 4 is 39.7 Å². The Balaban J connectivity index is 2.69. The zero-order chi connectivity index (χ0) is 9.84. The molecule has 0 unspecified atom stereocenters. The van der Waals surface area contributed by atoms with E-state index in [1.165, 1.54) is 17.7 Å². The number of nitrogens with zero attached hydrogens (tertiary/aromatic N) is 2. The number of hydrogen-bond donors (Lipinski definition) is 2. The summed E-state index contributed by atoms with van der Waals surface area (Å²) in [5.74, 6) is 0. The molecule has 13 heavy (non-hydrogen) atoms. The fourth-order valence-corrected chi connectivity index (χ4v) is 1.79. The van der Waals surface area contributed by atoms with Crippen molar-refractivity contribution in [1.82, 2.24) is 9.80 Å². The quantitative estimate of drug-likeness (QED) is 0.621. The van der Waals surface area contributed by atoms with Crippen LogP contribution in [0.25, 0.3) is 0 Å². The predicted molar refractivity (Wildman–Crippen MR) is 54.9 cm³/mol. The van der Waals surface area contributed by atoms with E-state index in [0.717, 1.165) is 15.0 Å². The third-order valence-electron chi connectivity index (χ3n) is 1.17. The lowest BCUT2D eigenvalue weighted by Crippen LogP contribution is -2.24. The van der Waals surface area contributed by atoms with Gasteiger partial charge in [-0.25, -0.2) is 10.2 Å². The molecule has 0 spiro atoms. The van der Waals surface area contributed by atoms with Gasteiger partial charge in [0.25, 0.3) is 0 Å². The number of halogens is 1. The van der Waals surface area contributed by atoms with E-state index in [1.807, 2.05) is 6.92 Å². The average Bonchev–Trinajstić information content (AvgIpc) is 2.35. The maximum atomic E-state index is 10.3. The molecule has 0 saturated carbocycles. The summed E-state index contributed by atoms with van der Waals surface area (Å²) < 4.78 is 4.96. The van der Waals surface area contributed by atoms with Gasteiger partial charge < -0.3 is 5.73 Å². The van der Waals surface area contributed by atoms with Crippen LogP contribution in [0.4, 0.5) is 4.79 Å². The van der Waals surface area contributed by atoms with Crippen molar-refractivity contribution in [3.05, 3.63) is 15.0 Å². The maximum absolute atomic E-state index is 10.3. The summed E-state index contributed by atoms with van der Waals surface area (Å²) in [4.78, 5) is 11.1. The number of hydrazone groups is 1. The van der Waals surface area contributed by atoms with Crippen LogP contribution in [0, 0.1) is 6.92 Å². The van der Waals surface area contributed by atoms with Crippen molar-refractivity contribution in [1.29, 1.82) is 0 Å². The van der Waals surface area contributed by atoms with Gasteiger partial charge in [-0.2, -0.15) is 9.47 Å². The van der Waals surface area contributed by atoms with Crippen LogP contribution in [-0.2, 0) is 0 Å². The van der Waals surface area contributed by atoms with Crippen molar-refractivity contribution < 1.29 is 4.79 Å². The summed E-state index contributed by atoms with van der Waals surface area (Å²) in [5.41, 5.74) is 7.80. The first-order valence-electron chi connectivity index (χ1n) is 3.31. The molecule has 0 fully saturated rings. The number of amides is 2. The highest BCUT2D eigenvalue weighted by Crippen LogP contribution is 2.22. The standard InChI is InChI=1S/C6H7BrN4OS/c1-3-5(7)4(13-11-3)2-9-10-6(8)12/h2H,1H3,(H3,8,10,12)/b9-2+. The first-order chi connectivity index (χ1) is 6.11. The first-order valence-corrected chi connectivity index (χ1v) is 4.88. The highest BCUT2D eigenvalue weighted by atomic mass is 79.9. The third-order valence-corrected chi connectivity index (χ3v) is 3.31. The molecule has 1 heterocycles. The zero-order valence-corrected chi connectivity index (χ0v) is 9.15. The topological polar surface area (TPSA) is 80.4 Å². The molecule has 0 aliphatic heterocycles. The van der Waals surface area contributed by atoms with E-state index in [9.17, 15) is 4.79 Å². The second-order valence-electron chi connectivity index (χ2n) is 2.18. The van der Waals surface area contributed by atoms with Crippen LogP contribution in [0.15, 0.2) is 9.57 Å². The molecule has 1 aromatic heterocycles. The molecule has 0 radical (unpaired) electrons. The summed E-state index contributed by atoms with van der Waals surface area (Å²) in [5, 5.41) is 3.61. The molecule has 70 valence electrons. The molecule has 3 N–H and O–H groups in total. The minimum absolute atomic E-state index is 0.686. The lowest BCUT2D eigenvalue weighted by Gasteiger charge is -1.89. The number of nitrogens with two attached hydrogens (primary N) is 1. The number of carbonyl (C=O) groups is 1. The Labute approximate surface area is 87.3 Å². The minimum atomic E-state index is -0.686. The van der Waals surface area contributed by atoms with Crippen LogP contribution in [-0.4, -0.2) is 16.6 Å². The summed E-state index contributed by atoms with van der Waals surface area (Å²) in [6.07, 6.45) is 1.49. The Kier molecular flexibility index (Phi) is 3.38. The first kappa shape index (κ1) is 10.1. The van der Waals surface area contributed by atoms with Gasteiger partial charge in [0.1, 0.15) is 0 Å². The van der Waals surface area contributed by atoms with Crippen LogP contribution in [0.2, 0.25) is 0 Å². The fourth-order valence-electron chi connectivity index (χ4n) is 0.611. The minimum Gasteiger partial charge on any atom is -0.350 e. The van der Waals surface area contributed by atoms with Gasteiger partial charge in [-0.15, -0.1) is 0 Å². The van der Waals surface area contributed by atoms with Crippen molar-refractivity contribution in [3.63, 3.8) is 0 Å². The summed E-state index contributed by atoms with van der Waals surface area (Å²) in [6, 6.07) is -0.686. The molecule has 0 aliphatic rings. The number of nitrogens with one attached hydrogen (secondary N) is 1. The molecule has 0 saturated heterocycles. The van der Waals surface area contributed by atoms with Crippen LogP contribution in [0.5, 0.6) is 0 Å². The SMILES string of the molecule is Cc1nsc(/C=N/NC(N)=O)c1Br. The Bertz CT molecular complexity index is 348. The zero-order valence-electron chi connectivity index (χ0n) is 6.74.